The number of hydrogen-bond acceptors (Lipinski definition) is 3. The molecule has 0 fully saturated rings. The third kappa shape index (κ3) is 2.43. The number of benzene rings is 1. The standard InChI is InChI=1S/C14H20N4/c1-4-11-8-6-7-9-12(11)14(15-5-2)13-10-16-17-18(13)3/h6-10,14-15H,4-5H2,1-3H3. The van der Waals surface area contributed by atoms with Crippen molar-refractivity contribution in [2.45, 2.75) is 26.3 Å². The molecule has 1 aromatic carbocycles. The average Bonchev–Trinajstić information content (AvgIpc) is 2.82. The second-order valence-corrected chi connectivity index (χ2v) is 4.33. The minimum atomic E-state index is 0.158. The highest BCUT2D eigenvalue weighted by atomic mass is 15.4. The molecular weight excluding hydrogens is 224 g/mol. The highest BCUT2D eigenvalue weighted by molar-refractivity contribution is 5.34. The van der Waals surface area contributed by atoms with Gasteiger partial charge in [0.2, 0.25) is 0 Å². The van der Waals surface area contributed by atoms with Gasteiger partial charge >= 0.3 is 0 Å². The summed E-state index contributed by atoms with van der Waals surface area (Å²) in [5, 5.41) is 11.5. The lowest BCUT2D eigenvalue weighted by atomic mass is 9.96. The van der Waals surface area contributed by atoms with Crippen molar-refractivity contribution in [1.29, 1.82) is 0 Å². The summed E-state index contributed by atoms with van der Waals surface area (Å²) in [7, 11) is 1.93. The maximum Gasteiger partial charge on any atom is 0.0798 e. The fraction of sp³-hybridized carbons (Fsp3) is 0.429. The monoisotopic (exact) mass is 244 g/mol. The zero-order chi connectivity index (χ0) is 13.0. The molecule has 0 saturated heterocycles. The molecule has 0 aliphatic rings. The van der Waals surface area contributed by atoms with Crippen LogP contribution < -0.4 is 5.32 Å². The first-order valence-corrected chi connectivity index (χ1v) is 6.43. The smallest absolute Gasteiger partial charge is 0.0798 e. The van der Waals surface area contributed by atoms with Gasteiger partial charge < -0.3 is 5.32 Å². The Morgan fingerprint density at radius 1 is 1.28 bits per heavy atom. The van der Waals surface area contributed by atoms with Gasteiger partial charge in [-0.1, -0.05) is 43.3 Å². The van der Waals surface area contributed by atoms with Gasteiger partial charge in [0.25, 0.3) is 0 Å². The van der Waals surface area contributed by atoms with E-state index in [-0.39, 0.29) is 6.04 Å². The van der Waals surface area contributed by atoms with Crippen LogP contribution in [0.2, 0.25) is 0 Å². The normalized spacial score (nSPS) is 12.6. The van der Waals surface area contributed by atoms with Crippen LogP contribution in [0.1, 0.15) is 36.7 Å². The maximum absolute atomic E-state index is 4.03. The lowest BCUT2D eigenvalue weighted by Gasteiger charge is -2.20. The van der Waals surface area contributed by atoms with E-state index >= 15 is 0 Å². The van der Waals surface area contributed by atoms with Crippen LogP contribution >= 0.6 is 0 Å². The van der Waals surface area contributed by atoms with Crippen molar-refractivity contribution in [3.63, 3.8) is 0 Å². The Bertz CT molecular complexity index is 504. The van der Waals surface area contributed by atoms with E-state index in [0.717, 1.165) is 18.7 Å². The highest BCUT2D eigenvalue weighted by Gasteiger charge is 2.18. The molecule has 4 heteroatoms. The molecule has 96 valence electrons. The SMILES string of the molecule is CCNC(c1ccccc1CC)c1cnnn1C. The van der Waals surface area contributed by atoms with E-state index in [9.17, 15) is 0 Å². The Morgan fingerprint density at radius 3 is 2.67 bits per heavy atom. The van der Waals surface area contributed by atoms with Gasteiger partial charge in [-0.15, -0.1) is 5.10 Å². The summed E-state index contributed by atoms with van der Waals surface area (Å²) in [5.41, 5.74) is 3.77. The first-order chi connectivity index (χ1) is 8.77. The van der Waals surface area contributed by atoms with Crippen LogP contribution in [0.25, 0.3) is 0 Å². The van der Waals surface area contributed by atoms with E-state index < -0.39 is 0 Å². The van der Waals surface area contributed by atoms with Gasteiger partial charge in [-0.05, 0) is 24.1 Å². The summed E-state index contributed by atoms with van der Waals surface area (Å²) in [6.07, 6.45) is 2.86. The summed E-state index contributed by atoms with van der Waals surface area (Å²) in [6.45, 7) is 5.21. The molecular formula is C14H20N4. The van der Waals surface area contributed by atoms with Crippen LogP contribution in [-0.4, -0.2) is 21.5 Å². The van der Waals surface area contributed by atoms with Crippen LogP contribution in [0.3, 0.4) is 0 Å². The zero-order valence-corrected chi connectivity index (χ0v) is 11.2. The lowest BCUT2D eigenvalue weighted by Crippen LogP contribution is -2.25. The minimum Gasteiger partial charge on any atom is -0.305 e. The first-order valence-electron chi connectivity index (χ1n) is 6.43. The Hall–Kier alpha value is -1.68. The van der Waals surface area contributed by atoms with Crippen LogP contribution in [-0.2, 0) is 13.5 Å². The third-order valence-corrected chi connectivity index (χ3v) is 3.20. The van der Waals surface area contributed by atoms with Crippen molar-refractivity contribution >= 4 is 0 Å². The predicted octanol–water partition coefficient (Wildman–Crippen LogP) is 2.08. The number of aryl methyl sites for hydroxylation is 2. The van der Waals surface area contributed by atoms with Gasteiger partial charge in [0.15, 0.2) is 0 Å². The van der Waals surface area contributed by atoms with Crippen molar-refractivity contribution in [3.05, 3.63) is 47.3 Å². The van der Waals surface area contributed by atoms with E-state index in [1.54, 1.807) is 0 Å². The molecule has 18 heavy (non-hydrogen) atoms. The molecule has 0 spiro atoms. The quantitative estimate of drug-likeness (QED) is 0.875. The molecule has 0 radical (unpaired) electrons. The molecule has 0 amide bonds. The summed E-state index contributed by atoms with van der Waals surface area (Å²) in [4.78, 5) is 0. The molecule has 2 rings (SSSR count). The number of rotatable bonds is 5. The van der Waals surface area contributed by atoms with Crippen LogP contribution in [0.4, 0.5) is 0 Å². The van der Waals surface area contributed by atoms with E-state index in [4.69, 9.17) is 0 Å². The summed E-state index contributed by atoms with van der Waals surface area (Å²) in [6, 6.07) is 8.70. The van der Waals surface area contributed by atoms with Crippen molar-refractivity contribution in [3.8, 4) is 0 Å². The second kappa shape index (κ2) is 5.78. The number of nitrogens with one attached hydrogen (secondary N) is 1. The third-order valence-electron chi connectivity index (χ3n) is 3.20. The van der Waals surface area contributed by atoms with Crippen molar-refractivity contribution in [2.24, 2.45) is 7.05 Å². The molecule has 0 bridgehead atoms. The Kier molecular flexibility index (Phi) is 4.10. The fourth-order valence-corrected chi connectivity index (χ4v) is 2.27. The van der Waals surface area contributed by atoms with E-state index in [1.807, 2.05) is 17.9 Å². The average molecular weight is 244 g/mol. The number of hydrogen-bond donors (Lipinski definition) is 1. The topological polar surface area (TPSA) is 42.7 Å². The van der Waals surface area contributed by atoms with Crippen LogP contribution in [0.5, 0.6) is 0 Å². The van der Waals surface area contributed by atoms with Gasteiger partial charge in [0, 0.05) is 7.05 Å². The van der Waals surface area contributed by atoms with Gasteiger partial charge in [0.05, 0.1) is 17.9 Å². The van der Waals surface area contributed by atoms with Gasteiger partial charge in [-0.3, -0.25) is 4.68 Å². The number of nitrogens with zero attached hydrogens (tertiary/aromatic N) is 3. The molecule has 1 N–H and O–H groups in total. The second-order valence-electron chi connectivity index (χ2n) is 4.33. The molecule has 1 unspecified atom stereocenters. The van der Waals surface area contributed by atoms with Crippen LogP contribution in [0.15, 0.2) is 30.5 Å². The van der Waals surface area contributed by atoms with Crippen LogP contribution in [0, 0.1) is 0 Å². The minimum absolute atomic E-state index is 0.158. The van der Waals surface area contributed by atoms with E-state index in [2.05, 4.69) is 53.7 Å². The van der Waals surface area contributed by atoms with Gasteiger partial charge in [-0.2, -0.15) is 0 Å². The van der Waals surface area contributed by atoms with Gasteiger partial charge in [0.1, 0.15) is 0 Å². The Labute approximate surface area is 108 Å². The molecule has 1 heterocycles. The van der Waals surface area contributed by atoms with E-state index in [0.29, 0.717) is 0 Å². The number of aromatic nitrogens is 3. The summed E-state index contributed by atoms with van der Waals surface area (Å²) >= 11 is 0. The Morgan fingerprint density at radius 2 is 2.06 bits per heavy atom. The molecule has 1 aromatic heterocycles. The highest BCUT2D eigenvalue weighted by Crippen LogP contribution is 2.24. The van der Waals surface area contributed by atoms with Crippen molar-refractivity contribution < 1.29 is 0 Å². The molecule has 0 aliphatic carbocycles. The molecule has 0 saturated carbocycles. The molecule has 0 aliphatic heterocycles. The summed E-state index contributed by atoms with van der Waals surface area (Å²) < 4.78 is 1.83. The lowest BCUT2D eigenvalue weighted by molar-refractivity contribution is 0.565. The van der Waals surface area contributed by atoms with E-state index in [1.165, 1.54) is 11.1 Å². The first kappa shape index (κ1) is 12.8. The molecule has 1 atom stereocenters. The van der Waals surface area contributed by atoms with Crippen molar-refractivity contribution in [2.75, 3.05) is 6.54 Å². The Balaban J connectivity index is 2.45. The summed E-state index contributed by atoms with van der Waals surface area (Å²) in [5.74, 6) is 0. The van der Waals surface area contributed by atoms with Gasteiger partial charge in [-0.25, -0.2) is 0 Å². The predicted molar refractivity (Wildman–Crippen MR) is 72.3 cm³/mol. The molecule has 2 aromatic rings. The largest absolute Gasteiger partial charge is 0.305 e. The zero-order valence-electron chi connectivity index (χ0n) is 11.2. The maximum atomic E-state index is 4.03. The fourth-order valence-electron chi connectivity index (χ4n) is 2.27. The molecule has 4 nitrogen and oxygen atoms in total. The van der Waals surface area contributed by atoms with Crippen molar-refractivity contribution in [1.82, 2.24) is 20.3 Å².